The second-order valence-electron chi connectivity index (χ2n) is 9.56. The first-order valence-corrected chi connectivity index (χ1v) is 12.1. The zero-order chi connectivity index (χ0) is 24.7. The van der Waals surface area contributed by atoms with Gasteiger partial charge in [0.1, 0.15) is 0 Å². The third kappa shape index (κ3) is 7.07. The lowest BCUT2D eigenvalue weighted by atomic mass is 9.98. The van der Waals surface area contributed by atoms with Gasteiger partial charge in [0.25, 0.3) is 5.91 Å². The van der Waals surface area contributed by atoms with E-state index in [4.69, 9.17) is 0 Å². The molecule has 0 aliphatic carbocycles. The van der Waals surface area contributed by atoms with Gasteiger partial charge in [0.2, 0.25) is 5.91 Å². The highest BCUT2D eigenvalue weighted by molar-refractivity contribution is 6.06. The Morgan fingerprint density at radius 2 is 1.82 bits per heavy atom. The number of carbonyl (C=O) groups is 2. The van der Waals surface area contributed by atoms with Gasteiger partial charge in [-0.05, 0) is 73.1 Å². The summed E-state index contributed by atoms with van der Waals surface area (Å²) in [4.78, 5) is 29.4. The van der Waals surface area contributed by atoms with Gasteiger partial charge in [0.15, 0.2) is 5.96 Å². The van der Waals surface area contributed by atoms with Crippen LogP contribution in [0.15, 0.2) is 41.4 Å². The smallest absolute Gasteiger partial charge is 0.257 e. The molecule has 1 heterocycles. The Balaban J connectivity index is 1.76. The summed E-state index contributed by atoms with van der Waals surface area (Å²) in [5, 5.41) is 12.5. The van der Waals surface area contributed by atoms with E-state index in [0.29, 0.717) is 23.9 Å². The van der Waals surface area contributed by atoms with Crippen molar-refractivity contribution in [2.45, 2.75) is 59.8 Å². The van der Waals surface area contributed by atoms with Crippen LogP contribution in [-0.2, 0) is 4.79 Å². The zero-order valence-corrected chi connectivity index (χ0v) is 20.9. The van der Waals surface area contributed by atoms with Crippen LogP contribution in [0.3, 0.4) is 0 Å². The standard InChI is InChI=1S/C27H37N5O2/c1-17(2)7-12-25(33)31-24-16-21(10-8-19(24)5)30-23-11-9-20(15-22(23)18(3)4)26(34)32-27-28-13-6-14-29-27/h8-11,15-18,30H,6-7,12-14H2,1-5H3,(H,31,33)(H2,28,29,32,34). The van der Waals surface area contributed by atoms with E-state index >= 15 is 0 Å². The van der Waals surface area contributed by atoms with Crippen LogP contribution in [0.25, 0.3) is 0 Å². The Hall–Kier alpha value is -3.35. The Morgan fingerprint density at radius 3 is 2.50 bits per heavy atom. The van der Waals surface area contributed by atoms with Gasteiger partial charge in [0.05, 0.1) is 0 Å². The first-order chi connectivity index (χ1) is 16.2. The summed E-state index contributed by atoms with van der Waals surface area (Å²) in [5.74, 6) is 1.09. The number of guanidine groups is 1. The molecule has 7 heteroatoms. The highest BCUT2D eigenvalue weighted by Crippen LogP contribution is 2.30. The van der Waals surface area contributed by atoms with Crippen LogP contribution in [0.4, 0.5) is 17.1 Å². The van der Waals surface area contributed by atoms with Crippen LogP contribution < -0.4 is 21.3 Å². The summed E-state index contributed by atoms with van der Waals surface area (Å²) in [6.07, 6.45) is 2.35. The molecule has 1 aliphatic heterocycles. The quantitative estimate of drug-likeness (QED) is 0.426. The number of anilines is 3. The van der Waals surface area contributed by atoms with Crippen molar-refractivity contribution >= 4 is 34.8 Å². The summed E-state index contributed by atoms with van der Waals surface area (Å²) in [6.45, 7) is 12.0. The molecule has 0 unspecified atom stereocenters. The molecule has 2 amide bonds. The fourth-order valence-electron chi connectivity index (χ4n) is 3.71. The van der Waals surface area contributed by atoms with Crippen molar-refractivity contribution in [3.05, 3.63) is 53.1 Å². The predicted molar refractivity (Wildman–Crippen MR) is 140 cm³/mol. The van der Waals surface area contributed by atoms with E-state index in [0.717, 1.165) is 54.1 Å². The SMILES string of the molecule is Cc1ccc(Nc2ccc(C(=O)NC3=NCCCN3)cc2C(C)C)cc1NC(=O)CCC(C)C. The molecule has 3 rings (SSSR count). The van der Waals surface area contributed by atoms with E-state index in [9.17, 15) is 9.59 Å². The van der Waals surface area contributed by atoms with Crippen molar-refractivity contribution in [2.75, 3.05) is 23.7 Å². The lowest BCUT2D eigenvalue weighted by Gasteiger charge is -2.19. The predicted octanol–water partition coefficient (Wildman–Crippen LogP) is 5.32. The maximum Gasteiger partial charge on any atom is 0.257 e. The van der Waals surface area contributed by atoms with Crippen molar-refractivity contribution in [3.63, 3.8) is 0 Å². The number of nitrogens with one attached hydrogen (secondary N) is 4. The van der Waals surface area contributed by atoms with Crippen LogP contribution >= 0.6 is 0 Å². The van der Waals surface area contributed by atoms with E-state index in [1.807, 2.05) is 43.3 Å². The van der Waals surface area contributed by atoms with Crippen molar-refractivity contribution in [1.82, 2.24) is 10.6 Å². The molecule has 34 heavy (non-hydrogen) atoms. The number of aryl methyl sites for hydroxylation is 1. The molecule has 182 valence electrons. The van der Waals surface area contributed by atoms with Crippen molar-refractivity contribution in [2.24, 2.45) is 10.9 Å². The Labute approximate surface area is 202 Å². The number of benzene rings is 2. The topological polar surface area (TPSA) is 94.6 Å². The maximum absolute atomic E-state index is 12.7. The summed E-state index contributed by atoms with van der Waals surface area (Å²) in [5.41, 5.74) is 5.26. The Morgan fingerprint density at radius 1 is 1.03 bits per heavy atom. The minimum Gasteiger partial charge on any atom is -0.356 e. The van der Waals surface area contributed by atoms with Gasteiger partial charge in [-0.25, -0.2) is 0 Å². The molecule has 0 atom stereocenters. The van der Waals surface area contributed by atoms with Gasteiger partial charge < -0.3 is 16.0 Å². The molecule has 0 spiro atoms. The number of rotatable bonds is 8. The third-order valence-electron chi connectivity index (χ3n) is 5.80. The number of amides is 2. The molecule has 0 saturated heterocycles. The van der Waals surface area contributed by atoms with E-state index in [-0.39, 0.29) is 17.7 Å². The van der Waals surface area contributed by atoms with Gasteiger partial charge in [-0.3, -0.25) is 19.9 Å². The monoisotopic (exact) mass is 463 g/mol. The van der Waals surface area contributed by atoms with Gasteiger partial charge in [0, 0.05) is 42.1 Å². The molecular weight excluding hydrogens is 426 g/mol. The lowest BCUT2D eigenvalue weighted by molar-refractivity contribution is -0.116. The second kappa shape index (κ2) is 11.7. The summed E-state index contributed by atoms with van der Waals surface area (Å²) in [6, 6.07) is 11.6. The lowest BCUT2D eigenvalue weighted by Crippen LogP contribution is -2.43. The molecule has 7 nitrogen and oxygen atoms in total. The van der Waals surface area contributed by atoms with E-state index in [2.05, 4.69) is 54.0 Å². The van der Waals surface area contributed by atoms with Gasteiger partial charge >= 0.3 is 0 Å². The molecule has 4 N–H and O–H groups in total. The molecule has 0 aromatic heterocycles. The summed E-state index contributed by atoms with van der Waals surface area (Å²) >= 11 is 0. The minimum atomic E-state index is -0.177. The fourth-order valence-corrected chi connectivity index (χ4v) is 3.71. The van der Waals surface area contributed by atoms with Crippen molar-refractivity contribution < 1.29 is 9.59 Å². The van der Waals surface area contributed by atoms with Crippen LogP contribution in [0.1, 0.15) is 74.4 Å². The number of carbonyl (C=O) groups excluding carboxylic acids is 2. The largest absolute Gasteiger partial charge is 0.356 e. The minimum absolute atomic E-state index is 0.0317. The zero-order valence-electron chi connectivity index (χ0n) is 20.9. The highest BCUT2D eigenvalue weighted by Gasteiger charge is 2.15. The average Bonchev–Trinajstić information content (AvgIpc) is 2.80. The first kappa shape index (κ1) is 25.3. The fraction of sp³-hybridized carbons (Fsp3) is 0.444. The second-order valence-corrected chi connectivity index (χ2v) is 9.56. The number of hydrogen-bond donors (Lipinski definition) is 4. The molecular formula is C27H37N5O2. The van der Waals surface area contributed by atoms with Gasteiger partial charge in [-0.1, -0.05) is 33.8 Å². The van der Waals surface area contributed by atoms with Crippen LogP contribution in [0, 0.1) is 12.8 Å². The Bertz CT molecular complexity index is 1060. The highest BCUT2D eigenvalue weighted by atomic mass is 16.2. The molecule has 2 aromatic carbocycles. The van der Waals surface area contributed by atoms with Crippen LogP contribution in [-0.4, -0.2) is 30.9 Å². The van der Waals surface area contributed by atoms with Crippen LogP contribution in [0.5, 0.6) is 0 Å². The van der Waals surface area contributed by atoms with Gasteiger partial charge in [-0.15, -0.1) is 0 Å². The number of aliphatic imine (C=N–C) groups is 1. The van der Waals surface area contributed by atoms with Crippen LogP contribution in [0.2, 0.25) is 0 Å². The summed E-state index contributed by atoms with van der Waals surface area (Å²) < 4.78 is 0. The number of nitrogens with zero attached hydrogens (tertiary/aromatic N) is 1. The summed E-state index contributed by atoms with van der Waals surface area (Å²) in [7, 11) is 0. The Kier molecular flexibility index (Phi) is 8.68. The van der Waals surface area contributed by atoms with Crippen molar-refractivity contribution in [1.29, 1.82) is 0 Å². The molecule has 0 bridgehead atoms. The molecule has 0 fully saturated rings. The third-order valence-corrected chi connectivity index (χ3v) is 5.80. The molecule has 0 saturated carbocycles. The van der Waals surface area contributed by atoms with Gasteiger partial charge in [-0.2, -0.15) is 0 Å². The molecule has 2 aromatic rings. The molecule has 1 aliphatic rings. The first-order valence-electron chi connectivity index (χ1n) is 12.1. The average molecular weight is 464 g/mol. The van der Waals surface area contributed by atoms with E-state index in [1.54, 1.807) is 0 Å². The van der Waals surface area contributed by atoms with Crippen molar-refractivity contribution in [3.8, 4) is 0 Å². The maximum atomic E-state index is 12.7. The molecule has 0 radical (unpaired) electrons. The normalized spacial score (nSPS) is 13.3. The number of hydrogen-bond acceptors (Lipinski definition) is 5. The van der Waals surface area contributed by atoms with E-state index in [1.165, 1.54) is 0 Å². The van der Waals surface area contributed by atoms with E-state index < -0.39 is 0 Å².